The van der Waals surface area contributed by atoms with Gasteiger partial charge in [0.15, 0.2) is 0 Å². The summed E-state index contributed by atoms with van der Waals surface area (Å²) >= 11 is 1.52. The van der Waals surface area contributed by atoms with Gasteiger partial charge in [0.2, 0.25) is 5.91 Å². The molecule has 2 aliphatic rings. The molecule has 1 saturated heterocycles. The van der Waals surface area contributed by atoms with Gasteiger partial charge in [-0.15, -0.1) is 11.8 Å². The van der Waals surface area contributed by atoms with E-state index < -0.39 is 0 Å². The molecule has 172 valence electrons. The molecular formula is C24H26N4O4S. The van der Waals surface area contributed by atoms with Crippen molar-refractivity contribution in [1.82, 2.24) is 15.3 Å². The van der Waals surface area contributed by atoms with Gasteiger partial charge in [-0.2, -0.15) is 0 Å². The first-order valence-corrected chi connectivity index (χ1v) is 12.0. The van der Waals surface area contributed by atoms with Crippen LogP contribution in [0.15, 0.2) is 47.5 Å². The molecule has 4 heterocycles. The first-order valence-electron chi connectivity index (χ1n) is 11.0. The molecule has 0 aliphatic carbocycles. The number of carbonyl (C=O) groups is 1. The number of hydrogen-bond donors (Lipinski definition) is 2. The summed E-state index contributed by atoms with van der Waals surface area (Å²) in [5, 5.41) is 7.29. The fourth-order valence-corrected chi connectivity index (χ4v) is 4.73. The number of methoxy groups -OCH3 is 1. The predicted molar refractivity (Wildman–Crippen MR) is 127 cm³/mol. The van der Waals surface area contributed by atoms with E-state index in [0.29, 0.717) is 37.1 Å². The molecule has 2 atom stereocenters. The van der Waals surface area contributed by atoms with E-state index in [0.717, 1.165) is 40.1 Å². The number of anilines is 1. The molecule has 2 N–H and O–H groups in total. The minimum absolute atomic E-state index is 0.00190. The molecule has 2 aromatic heterocycles. The normalized spacial score (nSPS) is 20.2. The number of nitrogens with one attached hydrogen (secondary N) is 2. The number of hydrogen-bond acceptors (Lipinski definition) is 8. The van der Waals surface area contributed by atoms with Crippen LogP contribution in [-0.2, 0) is 16.1 Å². The van der Waals surface area contributed by atoms with Crippen LogP contribution in [0.1, 0.15) is 18.5 Å². The van der Waals surface area contributed by atoms with Gasteiger partial charge in [0, 0.05) is 18.0 Å². The van der Waals surface area contributed by atoms with Crippen molar-refractivity contribution in [2.24, 2.45) is 0 Å². The Morgan fingerprint density at radius 3 is 3.06 bits per heavy atom. The van der Waals surface area contributed by atoms with Crippen molar-refractivity contribution in [2.75, 3.05) is 31.4 Å². The number of pyridine rings is 2. The Kier molecular flexibility index (Phi) is 6.61. The molecule has 5 rings (SSSR count). The lowest BCUT2D eigenvalue weighted by Crippen LogP contribution is -2.41. The number of aromatic nitrogens is 2. The van der Waals surface area contributed by atoms with E-state index in [4.69, 9.17) is 14.2 Å². The molecule has 8 nitrogen and oxygen atoms in total. The second kappa shape index (κ2) is 9.94. The lowest BCUT2D eigenvalue weighted by atomic mass is 10.1. The average molecular weight is 467 g/mol. The lowest BCUT2D eigenvalue weighted by molar-refractivity contribution is -0.113. The van der Waals surface area contributed by atoms with Crippen molar-refractivity contribution in [3.05, 3.63) is 48.3 Å². The second-order valence-corrected chi connectivity index (χ2v) is 9.12. The van der Waals surface area contributed by atoms with Crippen LogP contribution in [-0.4, -0.2) is 54.1 Å². The maximum atomic E-state index is 11.6. The molecule has 0 spiro atoms. The van der Waals surface area contributed by atoms with Gasteiger partial charge < -0.3 is 24.8 Å². The molecule has 9 heteroatoms. The van der Waals surface area contributed by atoms with Crippen LogP contribution >= 0.6 is 11.8 Å². The van der Waals surface area contributed by atoms with Crippen molar-refractivity contribution < 1.29 is 19.0 Å². The summed E-state index contributed by atoms with van der Waals surface area (Å²) in [5.41, 5.74) is 1.78. The van der Waals surface area contributed by atoms with Crippen molar-refractivity contribution in [1.29, 1.82) is 0 Å². The minimum Gasteiger partial charge on any atom is -0.495 e. The van der Waals surface area contributed by atoms with Crippen LogP contribution in [0.3, 0.4) is 0 Å². The Balaban J connectivity index is 1.11. The number of fused-ring (bicyclic) bond motifs is 2. The number of nitrogens with zero attached hydrogens (tertiary/aromatic N) is 2. The van der Waals surface area contributed by atoms with E-state index in [2.05, 4.69) is 20.6 Å². The lowest BCUT2D eigenvalue weighted by Gasteiger charge is -2.29. The molecule has 1 aromatic carbocycles. The van der Waals surface area contributed by atoms with Crippen molar-refractivity contribution in [3.63, 3.8) is 0 Å². The third-order valence-electron chi connectivity index (χ3n) is 5.80. The highest BCUT2D eigenvalue weighted by molar-refractivity contribution is 8.00. The van der Waals surface area contributed by atoms with Crippen molar-refractivity contribution in [3.8, 4) is 11.5 Å². The summed E-state index contributed by atoms with van der Waals surface area (Å²) in [4.78, 5) is 21.6. The molecule has 33 heavy (non-hydrogen) atoms. The van der Waals surface area contributed by atoms with E-state index in [1.165, 1.54) is 11.8 Å². The molecule has 3 aromatic rings. The first-order chi connectivity index (χ1) is 16.2. The molecule has 0 bridgehead atoms. The largest absolute Gasteiger partial charge is 0.495 e. The topological polar surface area (TPSA) is 94.6 Å². The van der Waals surface area contributed by atoms with E-state index >= 15 is 0 Å². The van der Waals surface area contributed by atoms with Crippen LogP contribution in [0.25, 0.3) is 10.9 Å². The zero-order valence-electron chi connectivity index (χ0n) is 18.4. The molecule has 1 fully saturated rings. The average Bonchev–Trinajstić information content (AvgIpc) is 2.86. The maximum Gasteiger partial charge on any atom is 0.235 e. The van der Waals surface area contributed by atoms with Gasteiger partial charge in [0.1, 0.15) is 23.9 Å². The second-order valence-electron chi connectivity index (χ2n) is 8.11. The number of amides is 1. The predicted octanol–water partition coefficient (Wildman–Crippen LogP) is 3.40. The minimum atomic E-state index is -0.00190. The highest BCUT2D eigenvalue weighted by Gasteiger charge is 2.23. The van der Waals surface area contributed by atoms with Crippen LogP contribution in [0.4, 0.5) is 5.82 Å². The molecular weight excluding hydrogens is 440 g/mol. The SMILES string of the molecule is COc1cnc2cccc(OC[C@@H]3CC[C@@H](NCc4ccc5c(n4)NC(=O)CS5)CO3)c2c1. The summed E-state index contributed by atoms with van der Waals surface area (Å²) < 4.78 is 17.4. The van der Waals surface area contributed by atoms with Crippen LogP contribution in [0.5, 0.6) is 11.5 Å². The number of carbonyl (C=O) groups excluding carboxylic acids is 1. The van der Waals surface area contributed by atoms with E-state index in [-0.39, 0.29) is 18.1 Å². The van der Waals surface area contributed by atoms with Crippen LogP contribution in [0, 0.1) is 0 Å². The fraction of sp³-hybridized carbons (Fsp3) is 0.375. The van der Waals surface area contributed by atoms with E-state index in [9.17, 15) is 4.79 Å². The van der Waals surface area contributed by atoms with Crippen molar-refractivity contribution >= 4 is 34.4 Å². The molecule has 1 amide bonds. The Labute approximate surface area is 196 Å². The zero-order chi connectivity index (χ0) is 22.6. The highest BCUT2D eigenvalue weighted by Crippen LogP contribution is 2.30. The Hall–Kier alpha value is -2.88. The summed E-state index contributed by atoms with van der Waals surface area (Å²) in [5.74, 6) is 2.59. The van der Waals surface area contributed by atoms with Gasteiger partial charge in [-0.1, -0.05) is 6.07 Å². The maximum absolute atomic E-state index is 11.6. The third-order valence-corrected chi connectivity index (χ3v) is 6.84. The van der Waals surface area contributed by atoms with Crippen LogP contribution < -0.4 is 20.1 Å². The van der Waals surface area contributed by atoms with Gasteiger partial charge in [-0.3, -0.25) is 9.78 Å². The fourth-order valence-electron chi connectivity index (χ4n) is 3.97. The smallest absolute Gasteiger partial charge is 0.235 e. The summed E-state index contributed by atoms with van der Waals surface area (Å²) in [6.45, 7) is 1.75. The van der Waals surface area contributed by atoms with Crippen LogP contribution in [0.2, 0.25) is 0 Å². The Bertz CT molecular complexity index is 1150. The molecule has 0 saturated carbocycles. The Morgan fingerprint density at radius 1 is 1.27 bits per heavy atom. The summed E-state index contributed by atoms with van der Waals surface area (Å²) in [7, 11) is 1.63. The van der Waals surface area contributed by atoms with Gasteiger partial charge in [0.25, 0.3) is 0 Å². The number of thioether (sulfide) groups is 1. The Morgan fingerprint density at radius 2 is 2.21 bits per heavy atom. The zero-order valence-corrected chi connectivity index (χ0v) is 19.2. The van der Waals surface area contributed by atoms with E-state index in [1.54, 1.807) is 13.3 Å². The number of rotatable bonds is 7. The van der Waals surface area contributed by atoms with Gasteiger partial charge in [-0.05, 0) is 43.2 Å². The summed E-state index contributed by atoms with van der Waals surface area (Å²) in [6, 6.07) is 12.1. The summed E-state index contributed by atoms with van der Waals surface area (Å²) in [6.07, 6.45) is 3.66. The van der Waals surface area contributed by atoms with E-state index in [1.807, 2.05) is 36.4 Å². The highest BCUT2D eigenvalue weighted by atomic mass is 32.2. The van der Waals surface area contributed by atoms with Crippen molar-refractivity contribution in [2.45, 2.75) is 36.4 Å². The third kappa shape index (κ3) is 5.21. The monoisotopic (exact) mass is 466 g/mol. The number of ether oxygens (including phenoxy) is 3. The van der Waals surface area contributed by atoms with Gasteiger partial charge in [0.05, 0.1) is 47.9 Å². The quantitative estimate of drug-likeness (QED) is 0.547. The van der Waals surface area contributed by atoms with Gasteiger partial charge in [-0.25, -0.2) is 4.98 Å². The van der Waals surface area contributed by atoms with Gasteiger partial charge >= 0.3 is 0 Å². The first kappa shape index (κ1) is 21.9. The standard InChI is InChI=1S/C24H26N4O4S/c1-30-18-9-19-20(26-11-18)3-2-4-21(19)32-13-17-7-5-16(12-31-17)25-10-15-6-8-22-24(27-15)28-23(29)14-33-22/h2-4,6,8-9,11,16-17,25H,5,7,10,12-14H2,1H3,(H,27,28,29)/t16-,17+/m1/s1. The molecule has 0 unspecified atom stereocenters. The molecule has 2 aliphatic heterocycles. The molecule has 0 radical (unpaired) electrons. The number of benzene rings is 1.